The molecule has 4 rings (SSSR count). The molecular weight excluding hydrogens is 492 g/mol. The molecule has 0 bridgehead atoms. The second kappa shape index (κ2) is 11.0. The molecule has 176 valence electrons. The van der Waals surface area contributed by atoms with Crippen molar-refractivity contribution in [1.29, 1.82) is 5.26 Å². The van der Waals surface area contributed by atoms with Gasteiger partial charge in [-0.15, -0.1) is 21.5 Å². The minimum atomic E-state index is -0.218. The highest BCUT2D eigenvalue weighted by molar-refractivity contribution is 7.99. The molecule has 2 heterocycles. The topological polar surface area (TPSA) is 113 Å². The number of anilines is 2. The highest BCUT2D eigenvalue weighted by Crippen LogP contribution is 2.37. The molecule has 2 aromatic heterocycles. The second-order valence-electron chi connectivity index (χ2n) is 7.74. The lowest BCUT2D eigenvalue weighted by Crippen LogP contribution is -2.18. The van der Waals surface area contributed by atoms with E-state index in [0.29, 0.717) is 38.8 Å². The minimum absolute atomic E-state index is 0.0580. The van der Waals surface area contributed by atoms with Crippen LogP contribution in [-0.4, -0.2) is 32.3 Å². The zero-order valence-electron chi connectivity index (χ0n) is 18.6. The number of aryl methyl sites for hydroxylation is 1. The van der Waals surface area contributed by atoms with E-state index in [9.17, 15) is 14.9 Å². The molecule has 8 nitrogen and oxygen atoms in total. The number of fused-ring (bicyclic) bond motifs is 1. The third kappa shape index (κ3) is 5.60. The molecular formula is C23H23ClN6O2S2. The summed E-state index contributed by atoms with van der Waals surface area (Å²) < 4.78 is 1.82. The zero-order valence-corrected chi connectivity index (χ0v) is 20.9. The second-order valence-corrected chi connectivity index (χ2v) is 10.2. The van der Waals surface area contributed by atoms with Crippen molar-refractivity contribution in [1.82, 2.24) is 14.8 Å². The summed E-state index contributed by atoms with van der Waals surface area (Å²) in [6.45, 7) is 2.50. The van der Waals surface area contributed by atoms with Crippen molar-refractivity contribution < 1.29 is 9.59 Å². The molecule has 1 aliphatic rings. The van der Waals surface area contributed by atoms with Crippen molar-refractivity contribution in [2.75, 3.05) is 16.4 Å². The van der Waals surface area contributed by atoms with Gasteiger partial charge >= 0.3 is 0 Å². The van der Waals surface area contributed by atoms with E-state index in [1.54, 1.807) is 24.3 Å². The van der Waals surface area contributed by atoms with Crippen LogP contribution in [0.1, 0.15) is 41.6 Å². The summed E-state index contributed by atoms with van der Waals surface area (Å²) in [5.41, 5.74) is 2.34. The number of carbonyl (C=O) groups excluding carboxylic acids is 2. The van der Waals surface area contributed by atoms with Gasteiger partial charge in [0, 0.05) is 22.1 Å². The van der Waals surface area contributed by atoms with Gasteiger partial charge in [-0.3, -0.25) is 9.59 Å². The number of benzene rings is 1. The van der Waals surface area contributed by atoms with Crippen LogP contribution in [0.15, 0.2) is 29.4 Å². The maximum absolute atomic E-state index is 12.6. The lowest BCUT2D eigenvalue weighted by molar-refractivity contribution is -0.116. The van der Waals surface area contributed by atoms with Gasteiger partial charge in [0.25, 0.3) is 0 Å². The molecule has 0 atom stereocenters. The number of nitrogens with one attached hydrogen (secondary N) is 2. The Kier molecular flexibility index (Phi) is 7.88. The molecule has 0 saturated heterocycles. The van der Waals surface area contributed by atoms with Crippen molar-refractivity contribution in [3.63, 3.8) is 0 Å². The smallest absolute Gasteiger partial charge is 0.235 e. The number of amides is 2. The van der Waals surface area contributed by atoms with Gasteiger partial charge in [0.15, 0.2) is 5.16 Å². The summed E-state index contributed by atoms with van der Waals surface area (Å²) in [6.07, 6.45) is 4.12. The Bertz CT molecular complexity index is 1250. The Balaban J connectivity index is 1.36. The fraction of sp³-hybridized carbons (Fsp3) is 0.348. The monoisotopic (exact) mass is 514 g/mol. The summed E-state index contributed by atoms with van der Waals surface area (Å²) >= 11 is 8.64. The van der Waals surface area contributed by atoms with Gasteiger partial charge in [-0.25, -0.2) is 0 Å². The van der Waals surface area contributed by atoms with Crippen LogP contribution in [-0.2, 0) is 35.4 Å². The summed E-state index contributed by atoms with van der Waals surface area (Å²) in [7, 11) is 0. The molecule has 2 amide bonds. The average Bonchev–Trinajstić information content (AvgIpc) is 3.38. The van der Waals surface area contributed by atoms with E-state index >= 15 is 0 Å². The van der Waals surface area contributed by atoms with Crippen LogP contribution < -0.4 is 10.6 Å². The van der Waals surface area contributed by atoms with Crippen molar-refractivity contribution in [3.05, 3.63) is 51.1 Å². The predicted molar refractivity (Wildman–Crippen MR) is 135 cm³/mol. The first-order valence-corrected chi connectivity index (χ1v) is 13.1. The molecule has 2 N–H and O–H groups in total. The number of halogens is 1. The average molecular weight is 515 g/mol. The molecule has 1 aromatic carbocycles. The Labute approximate surface area is 210 Å². The number of nitriles is 1. The molecule has 0 saturated carbocycles. The molecule has 0 unspecified atom stereocenters. The first-order chi connectivity index (χ1) is 16.5. The molecule has 0 aliphatic heterocycles. The van der Waals surface area contributed by atoms with Gasteiger partial charge in [-0.2, -0.15) is 5.26 Å². The number of aromatic nitrogens is 3. The van der Waals surface area contributed by atoms with Gasteiger partial charge < -0.3 is 15.2 Å². The number of nitrogens with zero attached hydrogens (tertiary/aromatic N) is 4. The lowest BCUT2D eigenvalue weighted by atomic mass is 9.96. The maximum atomic E-state index is 12.6. The fourth-order valence-corrected chi connectivity index (χ4v) is 6.02. The SMILES string of the molecule is CCn1c(CC(=O)Nc2ccc(Cl)cc2)nnc1SCC(=O)Nc1sc2c(c1C#N)CCCC2. The third-order valence-electron chi connectivity index (χ3n) is 5.42. The number of carbonyl (C=O) groups is 2. The van der Waals surface area contributed by atoms with Crippen LogP contribution in [0.5, 0.6) is 0 Å². The third-order valence-corrected chi connectivity index (χ3v) is 7.85. The van der Waals surface area contributed by atoms with E-state index in [1.807, 2.05) is 11.5 Å². The number of rotatable bonds is 8. The van der Waals surface area contributed by atoms with Crippen LogP contribution in [0.3, 0.4) is 0 Å². The Morgan fingerprint density at radius 3 is 2.68 bits per heavy atom. The van der Waals surface area contributed by atoms with Crippen LogP contribution in [0.2, 0.25) is 5.02 Å². The van der Waals surface area contributed by atoms with Crippen molar-refractivity contribution in [2.24, 2.45) is 0 Å². The summed E-state index contributed by atoms with van der Waals surface area (Å²) in [4.78, 5) is 26.3. The zero-order chi connectivity index (χ0) is 24.1. The molecule has 11 heteroatoms. The standard InChI is InChI=1S/C23H23ClN6O2S2/c1-2-30-19(11-20(31)26-15-9-7-14(24)8-10-15)28-29-23(30)33-13-21(32)27-22-17(12-25)16-5-3-4-6-18(16)34-22/h7-10H,2-6,11,13H2,1H3,(H,26,31)(H,27,32). The minimum Gasteiger partial charge on any atom is -0.326 e. The number of hydrogen-bond donors (Lipinski definition) is 2. The van der Waals surface area contributed by atoms with Crippen LogP contribution in [0.25, 0.3) is 0 Å². The fourth-order valence-electron chi connectivity index (χ4n) is 3.82. The molecule has 0 fully saturated rings. The quantitative estimate of drug-likeness (QED) is 0.422. The largest absolute Gasteiger partial charge is 0.326 e. The summed E-state index contributed by atoms with van der Waals surface area (Å²) in [6, 6.07) is 9.13. The van der Waals surface area contributed by atoms with Crippen LogP contribution >= 0.6 is 34.7 Å². The Morgan fingerprint density at radius 2 is 1.94 bits per heavy atom. The van der Waals surface area contributed by atoms with Crippen LogP contribution in [0, 0.1) is 11.3 Å². The first-order valence-electron chi connectivity index (χ1n) is 10.9. The van der Waals surface area contributed by atoms with Gasteiger partial charge in [0.2, 0.25) is 11.8 Å². The molecule has 3 aromatic rings. The van der Waals surface area contributed by atoms with E-state index in [2.05, 4.69) is 26.9 Å². The van der Waals surface area contributed by atoms with Gasteiger partial charge in [0.1, 0.15) is 16.9 Å². The summed E-state index contributed by atoms with van der Waals surface area (Å²) in [5.74, 6) is 0.231. The van der Waals surface area contributed by atoms with E-state index in [-0.39, 0.29) is 24.0 Å². The van der Waals surface area contributed by atoms with Gasteiger partial charge in [-0.05, 0) is 62.4 Å². The van der Waals surface area contributed by atoms with Gasteiger partial charge in [0.05, 0.1) is 17.7 Å². The molecule has 34 heavy (non-hydrogen) atoms. The maximum Gasteiger partial charge on any atom is 0.235 e. The number of thioether (sulfide) groups is 1. The highest BCUT2D eigenvalue weighted by atomic mass is 35.5. The molecule has 0 radical (unpaired) electrons. The summed E-state index contributed by atoms with van der Waals surface area (Å²) in [5, 5.41) is 25.4. The van der Waals surface area contributed by atoms with Crippen molar-refractivity contribution >= 4 is 57.2 Å². The van der Waals surface area contributed by atoms with E-state index in [0.717, 1.165) is 31.2 Å². The first kappa shape index (κ1) is 24.3. The molecule has 1 aliphatic carbocycles. The van der Waals surface area contributed by atoms with E-state index in [4.69, 9.17) is 11.6 Å². The van der Waals surface area contributed by atoms with Crippen LogP contribution in [0.4, 0.5) is 10.7 Å². The van der Waals surface area contributed by atoms with E-state index in [1.165, 1.54) is 28.0 Å². The highest BCUT2D eigenvalue weighted by Gasteiger charge is 2.22. The molecule has 0 spiro atoms. The lowest BCUT2D eigenvalue weighted by Gasteiger charge is -2.09. The van der Waals surface area contributed by atoms with E-state index < -0.39 is 0 Å². The van der Waals surface area contributed by atoms with Crippen molar-refractivity contribution in [2.45, 2.75) is 50.7 Å². The Morgan fingerprint density at radius 1 is 1.18 bits per heavy atom. The normalized spacial score (nSPS) is 12.6. The predicted octanol–water partition coefficient (Wildman–Crippen LogP) is 4.68. The van der Waals surface area contributed by atoms with Gasteiger partial charge in [-0.1, -0.05) is 23.4 Å². The number of hydrogen-bond acceptors (Lipinski definition) is 7. The Hall–Kier alpha value is -2.87. The number of thiophene rings is 1. The van der Waals surface area contributed by atoms with Crippen molar-refractivity contribution in [3.8, 4) is 6.07 Å².